The summed E-state index contributed by atoms with van der Waals surface area (Å²) < 4.78 is 0. The molecule has 0 aliphatic carbocycles. The maximum Gasteiger partial charge on any atom is 0.223 e. The van der Waals surface area contributed by atoms with Gasteiger partial charge in [-0.15, -0.1) is 0 Å². The lowest BCUT2D eigenvalue weighted by molar-refractivity contribution is -0.120. The Morgan fingerprint density at radius 2 is 2.18 bits per heavy atom. The van der Waals surface area contributed by atoms with E-state index in [9.17, 15) is 4.79 Å². The third kappa shape index (κ3) is 3.78. The molecule has 0 aromatic carbocycles. The zero-order chi connectivity index (χ0) is 12.8. The highest BCUT2D eigenvalue weighted by Gasteiger charge is 2.08. The molecule has 0 spiro atoms. The zero-order valence-electron chi connectivity index (χ0n) is 10.3. The number of carbonyl (C=O) groups is 1. The highest BCUT2D eigenvalue weighted by molar-refractivity contribution is 5.76. The summed E-state index contributed by atoms with van der Waals surface area (Å²) in [4.78, 5) is 21.1. The minimum absolute atomic E-state index is 0.00674. The number of nitrogens with one attached hydrogen (secondary N) is 2. The molecule has 7 heteroatoms. The quantitative estimate of drug-likeness (QED) is 0.650. The molecule has 0 atom stereocenters. The van der Waals surface area contributed by atoms with Gasteiger partial charge >= 0.3 is 0 Å². The molecule has 0 fully saturated rings. The van der Waals surface area contributed by atoms with E-state index < -0.39 is 0 Å². The van der Waals surface area contributed by atoms with Crippen LogP contribution in [-0.4, -0.2) is 43.6 Å². The molecule has 17 heavy (non-hydrogen) atoms. The van der Waals surface area contributed by atoms with Crippen LogP contribution in [0.5, 0.6) is 0 Å². The van der Waals surface area contributed by atoms with E-state index in [0.29, 0.717) is 24.6 Å². The van der Waals surface area contributed by atoms with Gasteiger partial charge in [-0.2, -0.15) is 9.97 Å². The molecule has 94 valence electrons. The molecule has 0 unspecified atom stereocenters. The summed E-state index contributed by atoms with van der Waals surface area (Å²) in [6.45, 7) is 0.569. The summed E-state index contributed by atoms with van der Waals surface area (Å²) in [6.07, 6.45) is 0.409. The van der Waals surface area contributed by atoms with Crippen molar-refractivity contribution in [1.29, 1.82) is 0 Å². The predicted octanol–water partition coefficient (Wildman–Crippen LogP) is -0.327. The normalized spacial score (nSPS) is 9.82. The van der Waals surface area contributed by atoms with Crippen LogP contribution in [0.3, 0.4) is 0 Å². The Labute approximate surface area is 100 Å². The lowest BCUT2D eigenvalue weighted by Crippen LogP contribution is -2.27. The van der Waals surface area contributed by atoms with Gasteiger partial charge in [0.15, 0.2) is 0 Å². The Kier molecular flexibility index (Phi) is 4.50. The van der Waals surface area contributed by atoms with Crippen molar-refractivity contribution in [2.45, 2.75) is 6.42 Å². The van der Waals surface area contributed by atoms with Gasteiger partial charge in [-0.3, -0.25) is 4.79 Å². The Morgan fingerprint density at radius 1 is 1.47 bits per heavy atom. The minimum Gasteiger partial charge on any atom is -0.373 e. The largest absolute Gasteiger partial charge is 0.373 e. The molecule has 0 bridgehead atoms. The van der Waals surface area contributed by atoms with E-state index >= 15 is 0 Å². The number of amides is 1. The summed E-state index contributed by atoms with van der Waals surface area (Å²) in [6, 6.07) is 1.78. The van der Waals surface area contributed by atoms with E-state index in [4.69, 9.17) is 5.73 Å². The number of carbonyl (C=O) groups excluding carboxylic acids is 1. The van der Waals surface area contributed by atoms with Crippen molar-refractivity contribution in [1.82, 2.24) is 15.3 Å². The average molecular weight is 238 g/mol. The van der Waals surface area contributed by atoms with Crippen molar-refractivity contribution in [2.24, 2.45) is 0 Å². The van der Waals surface area contributed by atoms with E-state index in [1.54, 1.807) is 20.2 Å². The summed E-state index contributed by atoms with van der Waals surface area (Å²) in [5.41, 5.74) is 5.59. The topological polar surface area (TPSA) is 96.2 Å². The van der Waals surface area contributed by atoms with Crippen molar-refractivity contribution in [2.75, 3.05) is 43.6 Å². The second-order valence-electron chi connectivity index (χ2n) is 3.56. The monoisotopic (exact) mass is 238 g/mol. The number of nitrogen functional groups attached to an aromatic ring is 1. The van der Waals surface area contributed by atoms with Gasteiger partial charge in [0.1, 0.15) is 11.6 Å². The minimum atomic E-state index is -0.00674. The maximum absolute atomic E-state index is 11.1. The summed E-state index contributed by atoms with van der Waals surface area (Å²) in [5.74, 6) is 1.54. The summed E-state index contributed by atoms with van der Waals surface area (Å²) in [7, 11) is 5.23. The number of aromatic nitrogens is 2. The number of rotatable bonds is 5. The first kappa shape index (κ1) is 13.0. The Bertz CT molecular complexity index is 394. The molecule has 1 amide bonds. The Hall–Kier alpha value is -2.05. The van der Waals surface area contributed by atoms with Gasteiger partial charge in [0.05, 0.1) is 0 Å². The molecule has 1 rings (SSSR count). The SMILES string of the molecule is CNC(=O)CCN(C)c1cc(NC)nc(N)n1. The molecule has 0 aliphatic heterocycles. The van der Waals surface area contributed by atoms with Crippen LogP contribution in [0.4, 0.5) is 17.6 Å². The molecule has 1 heterocycles. The fraction of sp³-hybridized carbons (Fsp3) is 0.500. The first-order valence-electron chi connectivity index (χ1n) is 5.31. The molecule has 1 aromatic rings. The molecule has 0 saturated carbocycles. The lowest BCUT2D eigenvalue weighted by atomic mass is 10.3. The van der Waals surface area contributed by atoms with Crippen LogP contribution in [0.15, 0.2) is 6.07 Å². The van der Waals surface area contributed by atoms with Gasteiger partial charge in [0.25, 0.3) is 0 Å². The standard InChI is InChI=1S/C10H18N6O/c1-12-7-6-8(15-10(11)14-7)16(3)5-4-9(17)13-2/h6H,4-5H2,1-3H3,(H,13,17)(H3,11,12,14,15). The highest BCUT2D eigenvalue weighted by Crippen LogP contribution is 2.15. The second-order valence-corrected chi connectivity index (χ2v) is 3.56. The van der Waals surface area contributed by atoms with Gasteiger partial charge in [0.2, 0.25) is 11.9 Å². The first-order valence-corrected chi connectivity index (χ1v) is 5.31. The number of hydrogen-bond donors (Lipinski definition) is 3. The fourth-order valence-electron chi connectivity index (χ4n) is 1.29. The third-order valence-corrected chi connectivity index (χ3v) is 2.33. The van der Waals surface area contributed by atoms with Gasteiger partial charge in [-0.1, -0.05) is 0 Å². The zero-order valence-corrected chi connectivity index (χ0v) is 10.3. The number of nitrogens with zero attached hydrogens (tertiary/aromatic N) is 3. The first-order chi connectivity index (χ1) is 8.06. The van der Waals surface area contributed by atoms with Gasteiger partial charge in [-0.25, -0.2) is 0 Å². The molecular weight excluding hydrogens is 220 g/mol. The molecule has 1 aromatic heterocycles. The average Bonchev–Trinajstić information content (AvgIpc) is 2.34. The van der Waals surface area contributed by atoms with Crippen LogP contribution in [0.2, 0.25) is 0 Å². The van der Waals surface area contributed by atoms with E-state index in [1.807, 2.05) is 11.9 Å². The Morgan fingerprint density at radius 3 is 2.76 bits per heavy atom. The van der Waals surface area contributed by atoms with E-state index in [-0.39, 0.29) is 11.9 Å². The Balaban J connectivity index is 2.71. The second kappa shape index (κ2) is 5.88. The fourth-order valence-corrected chi connectivity index (χ4v) is 1.29. The lowest BCUT2D eigenvalue weighted by Gasteiger charge is -2.18. The van der Waals surface area contributed by atoms with Crippen molar-refractivity contribution >= 4 is 23.5 Å². The molecule has 0 aliphatic rings. The summed E-state index contributed by atoms with van der Waals surface area (Å²) >= 11 is 0. The van der Waals surface area contributed by atoms with Crippen LogP contribution in [-0.2, 0) is 4.79 Å². The maximum atomic E-state index is 11.1. The molecule has 0 radical (unpaired) electrons. The predicted molar refractivity (Wildman–Crippen MR) is 67.9 cm³/mol. The van der Waals surface area contributed by atoms with Crippen molar-refractivity contribution < 1.29 is 4.79 Å². The smallest absolute Gasteiger partial charge is 0.223 e. The van der Waals surface area contributed by atoms with E-state index in [1.165, 1.54) is 0 Å². The van der Waals surface area contributed by atoms with Crippen LogP contribution in [0, 0.1) is 0 Å². The van der Waals surface area contributed by atoms with Gasteiger partial charge in [0, 0.05) is 40.2 Å². The van der Waals surface area contributed by atoms with Crippen LogP contribution in [0.25, 0.3) is 0 Å². The number of hydrogen-bond acceptors (Lipinski definition) is 6. The van der Waals surface area contributed by atoms with Gasteiger partial charge < -0.3 is 21.3 Å². The summed E-state index contributed by atoms with van der Waals surface area (Å²) in [5, 5.41) is 5.47. The van der Waals surface area contributed by atoms with E-state index in [0.717, 1.165) is 0 Å². The number of anilines is 3. The van der Waals surface area contributed by atoms with Crippen molar-refractivity contribution in [3.05, 3.63) is 6.07 Å². The van der Waals surface area contributed by atoms with Gasteiger partial charge in [-0.05, 0) is 0 Å². The van der Waals surface area contributed by atoms with Crippen LogP contribution < -0.4 is 21.3 Å². The van der Waals surface area contributed by atoms with Crippen LogP contribution in [0.1, 0.15) is 6.42 Å². The molecule has 7 nitrogen and oxygen atoms in total. The molecular formula is C10H18N6O. The van der Waals surface area contributed by atoms with Crippen molar-refractivity contribution in [3.63, 3.8) is 0 Å². The highest BCUT2D eigenvalue weighted by atomic mass is 16.1. The van der Waals surface area contributed by atoms with Crippen molar-refractivity contribution in [3.8, 4) is 0 Å². The van der Waals surface area contributed by atoms with Crippen LogP contribution >= 0.6 is 0 Å². The third-order valence-electron chi connectivity index (χ3n) is 2.33. The van der Waals surface area contributed by atoms with E-state index in [2.05, 4.69) is 20.6 Å². The molecule has 4 N–H and O–H groups in total. The number of nitrogens with two attached hydrogens (primary N) is 1. The molecule has 0 saturated heterocycles.